The SMILES string of the molecule is C1CO1.CCCCCCCCCCCCCCCCCC(=O)OC[C@H](O)[C@@H](O)[C@H](O)[C@H](O)CO. The number of hydrogen-bond donors (Lipinski definition) is 5. The molecule has 0 aliphatic carbocycles. The van der Waals surface area contributed by atoms with Crippen molar-refractivity contribution in [2.75, 3.05) is 26.4 Å². The van der Waals surface area contributed by atoms with Crippen LogP contribution in [0.25, 0.3) is 0 Å². The number of carbonyl (C=O) groups is 1. The molecule has 8 heteroatoms. The number of ether oxygens (including phenoxy) is 2. The van der Waals surface area contributed by atoms with Crippen LogP contribution in [0.2, 0.25) is 0 Å². The van der Waals surface area contributed by atoms with Gasteiger partial charge in [-0.1, -0.05) is 96.8 Å². The van der Waals surface area contributed by atoms with E-state index in [1.54, 1.807) is 0 Å². The predicted octanol–water partition coefficient (Wildman–Crippen LogP) is 3.24. The molecule has 0 aromatic carbocycles. The Balaban J connectivity index is 0.00000333. The van der Waals surface area contributed by atoms with Crippen molar-refractivity contribution in [2.24, 2.45) is 0 Å². The molecule has 1 aliphatic heterocycles. The van der Waals surface area contributed by atoms with Crippen LogP contribution in [0.5, 0.6) is 0 Å². The summed E-state index contributed by atoms with van der Waals surface area (Å²) >= 11 is 0. The first-order valence-corrected chi connectivity index (χ1v) is 13.5. The summed E-state index contributed by atoms with van der Waals surface area (Å²) in [7, 11) is 0. The van der Waals surface area contributed by atoms with Crippen LogP contribution < -0.4 is 0 Å². The van der Waals surface area contributed by atoms with Gasteiger partial charge in [-0.05, 0) is 6.42 Å². The molecule has 0 saturated carbocycles. The number of aliphatic hydroxyl groups is 5. The molecule has 204 valence electrons. The molecular formula is C26H52O8. The quantitative estimate of drug-likeness (QED) is 0.0881. The van der Waals surface area contributed by atoms with E-state index in [4.69, 9.17) is 9.84 Å². The zero-order valence-corrected chi connectivity index (χ0v) is 21.4. The fourth-order valence-electron chi connectivity index (χ4n) is 3.55. The summed E-state index contributed by atoms with van der Waals surface area (Å²) in [5, 5.41) is 46.8. The monoisotopic (exact) mass is 492 g/mol. The smallest absolute Gasteiger partial charge is 0.305 e. The first-order valence-electron chi connectivity index (χ1n) is 13.5. The molecule has 4 atom stereocenters. The van der Waals surface area contributed by atoms with Crippen molar-refractivity contribution in [3.8, 4) is 0 Å². The largest absolute Gasteiger partial charge is 0.463 e. The van der Waals surface area contributed by atoms with Gasteiger partial charge in [0.2, 0.25) is 0 Å². The molecule has 1 rings (SSSR count). The average Bonchev–Trinajstić information content (AvgIpc) is 3.73. The van der Waals surface area contributed by atoms with Gasteiger partial charge in [0.05, 0.1) is 19.8 Å². The van der Waals surface area contributed by atoms with Crippen molar-refractivity contribution in [1.82, 2.24) is 0 Å². The molecule has 1 heterocycles. The molecule has 1 aliphatic rings. The third-order valence-electron chi connectivity index (χ3n) is 5.93. The minimum atomic E-state index is -1.71. The van der Waals surface area contributed by atoms with Crippen molar-refractivity contribution in [3.63, 3.8) is 0 Å². The fraction of sp³-hybridized carbons (Fsp3) is 0.962. The first kappa shape index (κ1) is 33.2. The Morgan fingerprint density at radius 1 is 0.706 bits per heavy atom. The predicted molar refractivity (Wildman–Crippen MR) is 132 cm³/mol. The maximum Gasteiger partial charge on any atom is 0.305 e. The van der Waals surface area contributed by atoms with Crippen LogP contribution in [0.4, 0.5) is 0 Å². The Morgan fingerprint density at radius 3 is 1.47 bits per heavy atom. The van der Waals surface area contributed by atoms with E-state index in [1.807, 2.05) is 0 Å². The van der Waals surface area contributed by atoms with Gasteiger partial charge >= 0.3 is 5.97 Å². The summed E-state index contributed by atoms with van der Waals surface area (Å²) in [4.78, 5) is 11.7. The van der Waals surface area contributed by atoms with Gasteiger partial charge in [-0.3, -0.25) is 4.79 Å². The van der Waals surface area contributed by atoms with Crippen molar-refractivity contribution >= 4 is 5.97 Å². The van der Waals surface area contributed by atoms with E-state index >= 15 is 0 Å². The highest BCUT2D eigenvalue weighted by Crippen LogP contribution is 2.14. The Kier molecular flexibility index (Phi) is 23.4. The van der Waals surface area contributed by atoms with E-state index in [9.17, 15) is 25.2 Å². The molecule has 5 N–H and O–H groups in total. The summed E-state index contributed by atoms with van der Waals surface area (Å²) < 4.78 is 9.40. The lowest BCUT2D eigenvalue weighted by Gasteiger charge is -2.25. The minimum absolute atomic E-state index is 0.253. The molecule has 0 radical (unpaired) electrons. The minimum Gasteiger partial charge on any atom is -0.463 e. The molecule has 1 saturated heterocycles. The van der Waals surface area contributed by atoms with E-state index in [1.165, 1.54) is 77.0 Å². The lowest BCUT2D eigenvalue weighted by molar-refractivity contribution is -0.156. The van der Waals surface area contributed by atoms with Gasteiger partial charge in [0, 0.05) is 6.42 Å². The molecule has 1 fully saturated rings. The van der Waals surface area contributed by atoms with Crippen LogP contribution >= 0.6 is 0 Å². The van der Waals surface area contributed by atoms with Crippen LogP contribution in [-0.2, 0) is 14.3 Å². The highest BCUT2D eigenvalue weighted by molar-refractivity contribution is 5.69. The van der Waals surface area contributed by atoms with E-state index in [0.717, 1.165) is 32.5 Å². The zero-order valence-electron chi connectivity index (χ0n) is 21.4. The van der Waals surface area contributed by atoms with E-state index in [-0.39, 0.29) is 6.42 Å². The topological polar surface area (TPSA) is 140 Å². The van der Waals surface area contributed by atoms with Crippen molar-refractivity contribution < 1.29 is 39.8 Å². The van der Waals surface area contributed by atoms with Crippen LogP contribution in [0, 0.1) is 0 Å². The maximum atomic E-state index is 11.7. The summed E-state index contributed by atoms with van der Waals surface area (Å²) in [6, 6.07) is 0. The number of aliphatic hydroxyl groups excluding tert-OH is 5. The molecule has 0 aromatic rings. The van der Waals surface area contributed by atoms with Crippen LogP contribution in [0.3, 0.4) is 0 Å². The summed E-state index contributed by atoms with van der Waals surface area (Å²) in [5.74, 6) is -0.460. The molecule has 34 heavy (non-hydrogen) atoms. The lowest BCUT2D eigenvalue weighted by Crippen LogP contribution is -2.47. The average molecular weight is 493 g/mol. The summed E-state index contributed by atoms with van der Waals surface area (Å²) in [5.41, 5.74) is 0. The van der Waals surface area contributed by atoms with E-state index < -0.39 is 43.6 Å². The number of hydrogen-bond acceptors (Lipinski definition) is 8. The molecule has 0 aromatic heterocycles. The summed E-state index contributed by atoms with van der Waals surface area (Å²) in [6.45, 7) is 3.04. The van der Waals surface area contributed by atoms with E-state index in [2.05, 4.69) is 11.7 Å². The van der Waals surface area contributed by atoms with E-state index in [0.29, 0.717) is 0 Å². The van der Waals surface area contributed by atoms with Gasteiger partial charge in [-0.15, -0.1) is 0 Å². The van der Waals surface area contributed by atoms with Gasteiger partial charge in [-0.25, -0.2) is 0 Å². The second kappa shape index (κ2) is 23.9. The van der Waals surface area contributed by atoms with Crippen molar-refractivity contribution in [1.29, 1.82) is 0 Å². The number of rotatable bonds is 22. The Labute approximate surface area is 206 Å². The Hall–Kier alpha value is -0.770. The molecular weight excluding hydrogens is 440 g/mol. The van der Waals surface area contributed by atoms with Gasteiger partial charge in [0.15, 0.2) is 0 Å². The normalized spacial score (nSPS) is 16.2. The summed E-state index contributed by atoms with van der Waals surface area (Å²) in [6.07, 6.45) is 12.5. The Morgan fingerprint density at radius 2 is 1.09 bits per heavy atom. The standard InChI is InChI=1S/C24H48O7.C2H4O/c1-2-3-4-5-6-7-8-9-10-11-12-13-14-15-16-17-22(28)31-19-21(27)24(30)23(29)20(26)18-25;1-2-3-1/h20-21,23-27,29-30H,2-19H2,1H3;1-2H2/t20-,21+,23-,24-;/m1./s1. The second-order valence-electron chi connectivity index (χ2n) is 9.29. The molecule has 0 spiro atoms. The zero-order chi connectivity index (χ0) is 25.4. The van der Waals surface area contributed by atoms with Crippen LogP contribution in [0.15, 0.2) is 0 Å². The highest BCUT2D eigenvalue weighted by Gasteiger charge is 2.30. The highest BCUT2D eigenvalue weighted by atomic mass is 16.6. The fourth-order valence-corrected chi connectivity index (χ4v) is 3.55. The van der Waals surface area contributed by atoms with Gasteiger partial charge < -0.3 is 35.0 Å². The van der Waals surface area contributed by atoms with Crippen molar-refractivity contribution in [2.45, 2.75) is 134 Å². The molecule has 8 nitrogen and oxygen atoms in total. The second-order valence-corrected chi connectivity index (χ2v) is 9.29. The Bertz CT molecular complexity index is 444. The number of esters is 1. The van der Waals surface area contributed by atoms with Gasteiger partial charge in [0.25, 0.3) is 0 Å². The van der Waals surface area contributed by atoms with Gasteiger partial charge in [-0.2, -0.15) is 0 Å². The third kappa shape index (κ3) is 21.7. The number of epoxide rings is 1. The first-order chi connectivity index (χ1) is 16.4. The molecule has 0 unspecified atom stereocenters. The van der Waals surface area contributed by atoms with Crippen LogP contribution in [-0.4, -0.2) is 82.3 Å². The van der Waals surface area contributed by atoms with Crippen molar-refractivity contribution in [3.05, 3.63) is 0 Å². The number of unbranched alkanes of at least 4 members (excludes halogenated alkanes) is 14. The lowest BCUT2D eigenvalue weighted by atomic mass is 10.0. The van der Waals surface area contributed by atoms with Crippen LogP contribution in [0.1, 0.15) is 110 Å². The number of carbonyl (C=O) groups excluding carboxylic acids is 1. The maximum absolute atomic E-state index is 11.7. The van der Waals surface area contributed by atoms with Gasteiger partial charge in [0.1, 0.15) is 31.0 Å². The molecule has 0 bridgehead atoms. The third-order valence-corrected chi connectivity index (χ3v) is 5.93. The molecule has 0 amide bonds.